The van der Waals surface area contributed by atoms with Gasteiger partial charge < -0.3 is 20.8 Å². The van der Waals surface area contributed by atoms with Gasteiger partial charge in [-0.3, -0.25) is 0 Å². The molecule has 0 radical (unpaired) electrons. The Morgan fingerprint density at radius 2 is 2.35 bits per heavy atom. The number of nitrogens with one attached hydrogen (secondary N) is 2. The van der Waals surface area contributed by atoms with Crippen molar-refractivity contribution in [1.29, 1.82) is 0 Å². The first kappa shape index (κ1) is 11.3. The molecule has 0 saturated heterocycles. The molecule has 0 atom stereocenters. The average Bonchev–Trinajstić information content (AvgIpc) is 2.71. The van der Waals surface area contributed by atoms with Gasteiger partial charge in [-0.2, -0.15) is 0 Å². The Kier molecular flexibility index (Phi) is 3.18. The Bertz CT molecular complexity index is 534. The zero-order valence-electron chi connectivity index (χ0n) is 9.62. The van der Waals surface area contributed by atoms with E-state index in [0.29, 0.717) is 6.54 Å². The van der Waals surface area contributed by atoms with Gasteiger partial charge in [0.15, 0.2) is 0 Å². The number of H-pyrrole nitrogens is 1. The van der Waals surface area contributed by atoms with Crippen molar-refractivity contribution in [3.63, 3.8) is 0 Å². The Labute approximate surface area is 98.9 Å². The Morgan fingerprint density at radius 3 is 3.06 bits per heavy atom. The highest BCUT2D eigenvalue weighted by molar-refractivity contribution is 5.84. The number of primary amides is 1. The lowest BCUT2D eigenvalue weighted by molar-refractivity contribution is 0.249. The van der Waals surface area contributed by atoms with Gasteiger partial charge in [-0.1, -0.05) is 0 Å². The molecule has 0 spiro atoms. The highest BCUT2D eigenvalue weighted by Crippen LogP contribution is 2.23. The highest BCUT2D eigenvalue weighted by atomic mass is 16.5. The smallest absolute Gasteiger partial charge is 0.312 e. The lowest BCUT2D eigenvalue weighted by atomic mass is 10.1. The van der Waals surface area contributed by atoms with Crippen molar-refractivity contribution < 1.29 is 9.53 Å². The van der Waals surface area contributed by atoms with Crippen LogP contribution in [0, 0.1) is 0 Å². The number of carbonyl (C=O) groups is 1. The van der Waals surface area contributed by atoms with Crippen LogP contribution < -0.4 is 15.8 Å². The van der Waals surface area contributed by atoms with Crippen molar-refractivity contribution >= 4 is 16.9 Å². The SMILES string of the molecule is COc1ccc2[nH]cc(CCNC(N)=O)c2c1. The quantitative estimate of drug-likeness (QED) is 0.746. The van der Waals surface area contributed by atoms with E-state index < -0.39 is 6.03 Å². The predicted molar refractivity (Wildman–Crippen MR) is 66.1 cm³/mol. The van der Waals surface area contributed by atoms with Gasteiger partial charge in [-0.25, -0.2) is 4.79 Å². The van der Waals surface area contributed by atoms with Crippen LogP contribution in [0.3, 0.4) is 0 Å². The zero-order valence-corrected chi connectivity index (χ0v) is 9.62. The summed E-state index contributed by atoms with van der Waals surface area (Å²) in [7, 11) is 1.64. The van der Waals surface area contributed by atoms with Gasteiger partial charge in [0.1, 0.15) is 5.75 Å². The van der Waals surface area contributed by atoms with E-state index in [0.717, 1.165) is 28.6 Å². The minimum Gasteiger partial charge on any atom is -0.497 e. The molecular weight excluding hydrogens is 218 g/mol. The summed E-state index contributed by atoms with van der Waals surface area (Å²) in [6.45, 7) is 0.527. The van der Waals surface area contributed by atoms with Crippen molar-refractivity contribution in [3.8, 4) is 5.75 Å². The van der Waals surface area contributed by atoms with E-state index in [1.807, 2.05) is 24.4 Å². The normalized spacial score (nSPS) is 10.4. The maximum absolute atomic E-state index is 10.6. The third kappa shape index (κ3) is 2.50. The van der Waals surface area contributed by atoms with E-state index in [1.165, 1.54) is 0 Å². The van der Waals surface area contributed by atoms with Crippen LogP contribution in [-0.4, -0.2) is 24.7 Å². The van der Waals surface area contributed by atoms with Crippen molar-refractivity contribution in [3.05, 3.63) is 30.0 Å². The zero-order chi connectivity index (χ0) is 12.3. The fourth-order valence-corrected chi connectivity index (χ4v) is 1.81. The number of aromatic amines is 1. The summed E-state index contributed by atoms with van der Waals surface area (Å²) in [5.74, 6) is 0.821. The van der Waals surface area contributed by atoms with E-state index in [2.05, 4.69) is 10.3 Å². The maximum atomic E-state index is 10.6. The van der Waals surface area contributed by atoms with E-state index >= 15 is 0 Å². The molecule has 90 valence electrons. The third-order valence-corrected chi connectivity index (χ3v) is 2.67. The van der Waals surface area contributed by atoms with Crippen LogP contribution in [0.5, 0.6) is 5.75 Å². The number of rotatable bonds is 4. The third-order valence-electron chi connectivity index (χ3n) is 2.67. The molecule has 2 rings (SSSR count). The second-order valence-electron chi connectivity index (χ2n) is 3.77. The summed E-state index contributed by atoms with van der Waals surface area (Å²) >= 11 is 0. The Morgan fingerprint density at radius 1 is 1.53 bits per heavy atom. The summed E-state index contributed by atoms with van der Waals surface area (Å²) in [6.07, 6.45) is 2.67. The van der Waals surface area contributed by atoms with Crippen molar-refractivity contribution in [2.75, 3.05) is 13.7 Å². The van der Waals surface area contributed by atoms with Crippen LogP contribution >= 0.6 is 0 Å². The largest absolute Gasteiger partial charge is 0.497 e. The molecule has 0 aliphatic rings. The molecule has 2 aromatic rings. The lowest BCUT2D eigenvalue weighted by Crippen LogP contribution is -2.30. The molecule has 1 aromatic heterocycles. The van der Waals surface area contributed by atoms with Crippen molar-refractivity contribution in [2.45, 2.75) is 6.42 Å². The minimum absolute atomic E-state index is 0.498. The average molecular weight is 233 g/mol. The Hall–Kier alpha value is -2.17. The Balaban J connectivity index is 2.19. The van der Waals surface area contributed by atoms with Crippen LogP contribution in [0.25, 0.3) is 10.9 Å². The number of urea groups is 1. The number of hydrogen-bond acceptors (Lipinski definition) is 2. The molecular formula is C12H15N3O2. The van der Waals surface area contributed by atoms with Gasteiger partial charge in [-0.15, -0.1) is 0 Å². The highest BCUT2D eigenvalue weighted by Gasteiger charge is 2.05. The van der Waals surface area contributed by atoms with Crippen LogP contribution in [-0.2, 0) is 6.42 Å². The van der Waals surface area contributed by atoms with Crippen LogP contribution in [0.4, 0.5) is 4.79 Å². The van der Waals surface area contributed by atoms with Crippen molar-refractivity contribution in [1.82, 2.24) is 10.3 Å². The fourth-order valence-electron chi connectivity index (χ4n) is 1.81. The molecule has 0 fully saturated rings. The maximum Gasteiger partial charge on any atom is 0.312 e. The first-order chi connectivity index (χ1) is 8.20. The summed E-state index contributed by atoms with van der Waals surface area (Å²) in [4.78, 5) is 13.8. The number of amides is 2. The minimum atomic E-state index is -0.498. The van der Waals surface area contributed by atoms with E-state index in [-0.39, 0.29) is 0 Å². The number of fused-ring (bicyclic) bond motifs is 1. The molecule has 1 aromatic carbocycles. The number of methoxy groups -OCH3 is 1. The topological polar surface area (TPSA) is 80.1 Å². The number of aromatic nitrogens is 1. The monoisotopic (exact) mass is 233 g/mol. The molecule has 2 amide bonds. The second-order valence-corrected chi connectivity index (χ2v) is 3.77. The number of carbonyl (C=O) groups excluding carboxylic acids is 1. The lowest BCUT2D eigenvalue weighted by Gasteiger charge is -2.02. The first-order valence-electron chi connectivity index (χ1n) is 5.38. The van der Waals surface area contributed by atoms with Gasteiger partial charge in [0, 0.05) is 23.6 Å². The summed E-state index contributed by atoms with van der Waals surface area (Å²) in [6, 6.07) is 5.36. The number of hydrogen-bond donors (Lipinski definition) is 3. The van der Waals surface area contributed by atoms with E-state index in [1.54, 1.807) is 7.11 Å². The fraction of sp³-hybridized carbons (Fsp3) is 0.250. The molecule has 0 bridgehead atoms. The van der Waals surface area contributed by atoms with E-state index in [9.17, 15) is 4.79 Å². The molecule has 17 heavy (non-hydrogen) atoms. The number of benzene rings is 1. The van der Waals surface area contributed by atoms with Gasteiger partial charge in [-0.05, 0) is 30.2 Å². The molecule has 1 heterocycles. The molecule has 0 aliphatic carbocycles. The first-order valence-corrected chi connectivity index (χ1v) is 5.38. The second kappa shape index (κ2) is 4.78. The molecule has 4 N–H and O–H groups in total. The molecule has 5 heteroatoms. The molecule has 5 nitrogen and oxygen atoms in total. The summed E-state index contributed by atoms with van der Waals surface area (Å²) in [5.41, 5.74) is 7.20. The predicted octanol–water partition coefficient (Wildman–Crippen LogP) is 1.39. The van der Waals surface area contributed by atoms with Gasteiger partial charge in [0.2, 0.25) is 0 Å². The van der Waals surface area contributed by atoms with Crippen LogP contribution in [0.2, 0.25) is 0 Å². The standard InChI is InChI=1S/C12H15N3O2/c1-17-9-2-3-11-10(6-9)8(7-15-11)4-5-14-12(13)16/h2-3,6-7,15H,4-5H2,1H3,(H3,13,14,16). The summed E-state index contributed by atoms with van der Waals surface area (Å²) < 4.78 is 5.19. The summed E-state index contributed by atoms with van der Waals surface area (Å²) in [5, 5.41) is 3.68. The molecule has 0 aliphatic heterocycles. The van der Waals surface area contributed by atoms with Gasteiger partial charge in [0.05, 0.1) is 7.11 Å². The van der Waals surface area contributed by atoms with Crippen LogP contribution in [0.15, 0.2) is 24.4 Å². The van der Waals surface area contributed by atoms with Gasteiger partial charge in [0.25, 0.3) is 0 Å². The van der Waals surface area contributed by atoms with E-state index in [4.69, 9.17) is 10.5 Å². The molecule has 0 unspecified atom stereocenters. The number of ether oxygens (including phenoxy) is 1. The molecule has 0 saturated carbocycles. The van der Waals surface area contributed by atoms with Gasteiger partial charge >= 0.3 is 6.03 Å². The van der Waals surface area contributed by atoms with Crippen LogP contribution in [0.1, 0.15) is 5.56 Å². The van der Waals surface area contributed by atoms with Crippen molar-refractivity contribution in [2.24, 2.45) is 5.73 Å². The number of nitrogens with two attached hydrogens (primary N) is 1.